The van der Waals surface area contributed by atoms with Gasteiger partial charge in [-0.2, -0.15) is 0 Å². The third-order valence-corrected chi connectivity index (χ3v) is 5.65. The Morgan fingerprint density at radius 3 is 2.24 bits per heavy atom. The third-order valence-electron chi connectivity index (χ3n) is 5.65. The number of hydrogen-bond donors (Lipinski definition) is 1. The van der Waals surface area contributed by atoms with Crippen molar-refractivity contribution in [3.8, 4) is 0 Å². The van der Waals surface area contributed by atoms with Crippen LogP contribution in [0.1, 0.15) is 91.4 Å². The molecule has 2 aliphatic heterocycles. The Labute approximate surface area is 133 Å². The van der Waals surface area contributed by atoms with Gasteiger partial charge in [0, 0.05) is 24.2 Å². The Balaban J connectivity index is 1.98. The maximum absolute atomic E-state index is 3.81. The summed E-state index contributed by atoms with van der Waals surface area (Å²) in [4.78, 5) is 2.99. The van der Waals surface area contributed by atoms with E-state index in [9.17, 15) is 0 Å². The first-order chi connectivity index (χ1) is 10.3. The number of nitrogens with zero attached hydrogens (tertiary/aromatic N) is 1. The van der Waals surface area contributed by atoms with E-state index in [1.54, 1.807) is 0 Å². The summed E-state index contributed by atoms with van der Waals surface area (Å²) in [7, 11) is 0. The lowest BCUT2D eigenvalue weighted by Crippen LogP contribution is -2.59. The normalized spacial score (nSPS) is 31.3. The second-order valence-corrected chi connectivity index (χ2v) is 7.39. The van der Waals surface area contributed by atoms with E-state index in [2.05, 4.69) is 31.0 Å². The zero-order valence-corrected chi connectivity index (χ0v) is 14.7. The van der Waals surface area contributed by atoms with Gasteiger partial charge in [-0.3, -0.25) is 4.90 Å². The molecule has 2 fully saturated rings. The smallest absolute Gasteiger partial charge is 0.0116 e. The molecule has 3 atom stereocenters. The molecule has 2 heterocycles. The van der Waals surface area contributed by atoms with Crippen molar-refractivity contribution in [2.24, 2.45) is 0 Å². The molecule has 2 rings (SSSR count). The number of piperidine rings is 2. The first kappa shape index (κ1) is 17.3. The van der Waals surface area contributed by atoms with E-state index in [0.717, 1.165) is 24.2 Å². The van der Waals surface area contributed by atoms with E-state index in [4.69, 9.17) is 0 Å². The summed E-state index contributed by atoms with van der Waals surface area (Å²) in [6.45, 7) is 8.19. The predicted octanol–water partition coefficient (Wildman–Crippen LogP) is 4.73. The highest BCUT2D eigenvalue weighted by Gasteiger charge is 2.40. The Morgan fingerprint density at radius 1 is 0.952 bits per heavy atom. The molecule has 2 bridgehead atoms. The van der Waals surface area contributed by atoms with Gasteiger partial charge in [-0.15, -0.1) is 0 Å². The van der Waals surface area contributed by atoms with Crippen LogP contribution in [0.4, 0.5) is 0 Å². The lowest BCUT2D eigenvalue weighted by Gasteiger charge is -2.52. The molecule has 2 nitrogen and oxygen atoms in total. The Bertz CT molecular complexity index is 265. The van der Waals surface area contributed by atoms with Crippen molar-refractivity contribution in [3.05, 3.63) is 0 Å². The monoisotopic (exact) mass is 294 g/mol. The fourth-order valence-electron chi connectivity index (χ4n) is 4.74. The van der Waals surface area contributed by atoms with Gasteiger partial charge < -0.3 is 5.32 Å². The summed E-state index contributed by atoms with van der Waals surface area (Å²) in [5.41, 5.74) is 0. The van der Waals surface area contributed by atoms with Gasteiger partial charge in [0.1, 0.15) is 0 Å². The van der Waals surface area contributed by atoms with E-state index in [0.29, 0.717) is 0 Å². The molecule has 0 spiro atoms. The standard InChI is InChI=1S/C19H38N2/c1-4-7-10-17(9-5-2)21-18-11-8-12-19(21)15-16(14-18)20-13-6-3/h16-20H,4-15H2,1-3H3. The maximum Gasteiger partial charge on any atom is 0.0116 e. The molecule has 0 radical (unpaired) electrons. The van der Waals surface area contributed by atoms with Crippen LogP contribution in [0.5, 0.6) is 0 Å². The van der Waals surface area contributed by atoms with E-state index in [-0.39, 0.29) is 0 Å². The first-order valence-corrected chi connectivity index (χ1v) is 9.80. The van der Waals surface area contributed by atoms with Crippen LogP contribution >= 0.6 is 0 Å². The minimum absolute atomic E-state index is 0.796. The van der Waals surface area contributed by atoms with Gasteiger partial charge in [0.05, 0.1) is 0 Å². The zero-order valence-electron chi connectivity index (χ0n) is 14.7. The molecule has 0 saturated carbocycles. The van der Waals surface area contributed by atoms with Gasteiger partial charge >= 0.3 is 0 Å². The molecule has 0 amide bonds. The van der Waals surface area contributed by atoms with E-state index in [1.165, 1.54) is 77.2 Å². The second-order valence-electron chi connectivity index (χ2n) is 7.39. The topological polar surface area (TPSA) is 15.3 Å². The number of hydrogen-bond acceptors (Lipinski definition) is 2. The van der Waals surface area contributed by atoms with Gasteiger partial charge in [0.15, 0.2) is 0 Å². The van der Waals surface area contributed by atoms with Gasteiger partial charge in [-0.25, -0.2) is 0 Å². The number of nitrogens with one attached hydrogen (secondary N) is 1. The molecule has 0 aliphatic carbocycles. The first-order valence-electron chi connectivity index (χ1n) is 9.80. The van der Waals surface area contributed by atoms with Crippen LogP contribution in [-0.2, 0) is 0 Å². The SMILES string of the molecule is CCCCC(CCC)N1C2CCCC1CC(NCCC)C2. The van der Waals surface area contributed by atoms with Crippen LogP contribution in [0, 0.1) is 0 Å². The largest absolute Gasteiger partial charge is 0.314 e. The maximum atomic E-state index is 3.81. The number of fused-ring (bicyclic) bond motifs is 2. The molecule has 124 valence electrons. The third kappa shape index (κ3) is 4.69. The van der Waals surface area contributed by atoms with Crippen molar-refractivity contribution in [3.63, 3.8) is 0 Å². The fourth-order valence-corrected chi connectivity index (χ4v) is 4.74. The minimum atomic E-state index is 0.796. The van der Waals surface area contributed by atoms with E-state index >= 15 is 0 Å². The quantitative estimate of drug-likeness (QED) is 0.661. The highest BCUT2D eigenvalue weighted by molar-refractivity contribution is 4.97. The van der Waals surface area contributed by atoms with Crippen LogP contribution in [0.15, 0.2) is 0 Å². The summed E-state index contributed by atoms with van der Waals surface area (Å²) in [5.74, 6) is 0. The molecular weight excluding hydrogens is 256 g/mol. The van der Waals surface area contributed by atoms with Crippen molar-refractivity contribution >= 4 is 0 Å². The Morgan fingerprint density at radius 2 is 1.67 bits per heavy atom. The fraction of sp³-hybridized carbons (Fsp3) is 1.00. The Hall–Kier alpha value is -0.0800. The molecule has 2 heteroatoms. The minimum Gasteiger partial charge on any atom is -0.314 e. The van der Waals surface area contributed by atoms with Crippen molar-refractivity contribution in [1.82, 2.24) is 10.2 Å². The highest BCUT2D eigenvalue weighted by Crippen LogP contribution is 2.37. The van der Waals surface area contributed by atoms with Crippen LogP contribution < -0.4 is 5.32 Å². The highest BCUT2D eigenvalue weighted by atomic mass is 15.2. The van der Waals surface area contributed by atoms with Crippen molar-refractivity contribution < 1.29 is 0 Å². The molecule has 3 unspecified atom stereocenters. The van der Waals surface area contributed by atoms with Crippen LogP contribution in [0.3, 0.4) is 0 Å². The number of unbranched alkanes of at least 4 members (excludes halogenated alkanes) is 1. The summed E-state index contributed by atoms with van der Waals surface area (Å²) in [6, 6.07) is 3.42. The molecule has 2 aliphatic rings. The summed E-state index contributed by atoms with van der Waals surface area (Å²) >= 11 is 0. The average molecular weight is 295 g/mol. The molecule has 1 N–H and O–H groups in total. The summed E-state index contributed by atoms with van der Waals surface area (Å²) in [6.07, 6.45) is 15.4. The second kappa shape index (κ2) is 9.15. The van der Waals surface area contributed by atoms with Crippen LogP contribution in [0.2, 0.25) is 0 Å². The molecule has 0 aromatic rings. The molecular formula is C19H38N2. The van der Waals surface area contributed by atoms with E-state index in [1.807, 2.05) is 0 Å². The summed E-state index contributed by atoms with van der Waals surface area (Å²) < 4.78 is 0. The summed E-state index contributed by atoms with van der Waals surface area (Å²) in [5, 5.41) is 3.81. The average Bonchev–Trinajstić information content (AvgIpc) is 2.48. The molecule has 2 saturated heterocycles. The number of rotatable bonds is 9. The van der Waals surface area contributed by atoms with Crippen LogP contribution in [-0.4, -0.2) is 35.6 Å². The zero-order chi connectivity index (χ0) is 15.1. The van der Waals surface area contributed by atoms with Crippen molar-refractivity contribution in [1.29, 1.82) is 0 Å². The van der Waals surface area contributed by atoms with Crippen molar-refractivity contribution in [2.75, 3.05) is 6.54 Å². The van der Waals surface area contributed by atoms with Gasteiger partial charge in [-0.1, -0.05) is 46.5 Å². The predicted molar refractivity (Wildman–Crippen MR) is 92.8 cm³/mol. The van der Waals surface area contributed by atoms with Gasteiger partial charge in [-0.05, 0) is 51.5 Å². The van der Waals surface area contributed by atoms with Crippen LogP contribution in [0.25, 0.3) is 0 Å². The lowest BCUT2D eigenvalue weighted by atomic mass is 9.79. The van der Waals surface area contributed by atoms with Gasteiger partial charge in [0.2, 0.25) is 0 Å². The molecule has 0 aromatic heterocycles. The molecule has 0 aromatic carbocycles. The lowest BCUT2D eigenvalue weighted by molar-refractivity contribution is -0.0169. The van der Waals surface area contributed by atoms with E-state index < -0.39 is 0 Å². The Kier molecular flexibility index (Phi) is 7.53. The van der Waals surface area contributed by atoms with Crippen molar-refractivity contribution in [2.45, 2.75) is 116 Å². The molecule has 21 heavy (non-hydrogen) atoms. The van der Waals surface area contributed by atoms with Gasteiger partial charge in [0.25, 0.3) is 0 Å².